The summed E-state index contributed by atoms with van der Waals surface area (Å²) in [5.74, 6) is 0.645. The Balaban J connectivity index is 2.07. The molecule has 0 saturated heterocycles. The van der Waals surface area contributed by atoms with Crippen LogP contribution in [0.1, 0.15) is 23.6 Å². The van der Waals surface area contributed by atoms with E-state index in [2.05, 4.69) is 11.4 Å². The highest BCUT2D eigenvalue weighted by atomic mass is 16.5. The van der Waals surface area contributed by atoms with Crippen LogP contribution in [0.4, 0.5) is 0 Å². The van der Waals surface area contributed by atoms with Crippen molar-refractivity contribution in [2.45, 2.75) is 18.9 Å². The van der Waals surface area contributed by atoms with E-state index in [1.165, 1.54) is 21.3 Å². The summed E-state index contributed by atoms with van der Waals surface area (Å²) in [7, 11) is 4.32. The normalized spacial score (nSPS) is 11.0. The van der Waals surface area contributed by atoms with Gasteiger partial charge in [0.05, 0.1) is 46.3 Å². The number of nitriles is 1. The first-order chi connectivity index (χ1) is 14.5. The van der Waals surface area contributed by atoms with Gasteiger partial charge in [0.15, 0.2) is 18.1 Å². The standard InChI is InChI=1S/C22H24N2O6/c1-27-19-9-6-16(12-20(19)28-2)18(13-22(26)29-3)24-21(25)14-30-17-7-4-15(5-8-17)10-11-23/h4-9,12,18H,10,13-14H2,1-3H3,(H,24,25). The first-order valence-corrected chi connectivity index (χ1v) is 9.17. The monoisotopic (exact) mass is 412 g/mol. The molecule has 1 amide bonds. The fourth-order valence-electron chi connectivity index (χ4n) is 2.75. The smallest absolute Gasteiger partial charge is 0.307 e. The van der Waals surface area contributed by atoms with Gasteiger partial charge in [0, 0.05) is 0 Å². The molecule has 0 aliphatic rings. The van der Waals surface area contributed by atoms with Gasteiger partial charge in [-0.3, -0.25) is 9.59 Å². The Morgan fingerprint density at radius 2 is 1.73 bits per heavy atom. The van der Waals surface area contributed by atoms with Gasteiger partial charge in [-0.25, -0.2) is 0 Å². The van der Waals surface area contributed by atoms with E-state index in [1.54, 1.807) is 42.5 Å². The van der Waals surface area contributed by atoms with Gasteiger partial charge in [0.2, 0.25) is 0 Å². The first-order valence-electron chi connectivity index (χ1n) is 9.17. The van der Waals surface area contributed by atoms with Crippen LogP contribution >= 0.6 is 0 Å². The van der Waals surface area contributed by atoms with Crippen molar-refractivity contribution in [3.63, 3.8) is 0 Å². The van der Waals surface area contributed by atoms with E-state index in [0.29, 0.717) is 29.2 Å². The highest BCUT2D eigenvalue weighted by Crippen LogP contribution is 2.31. The zero-order valence-corrected chi connectivity index (χ0v) is 17.1. The molecule has 0 bridgehead atoms. The van der Waals surface area contributed by atoms with Gasteiger partial charge in [-0.15, -0.1) is 0 Å². The first kappa shape index (κ1) is 22.6. The van der Waals surface area contributed by atoms with E-state index in [1.807, 2.05) is 0 Å². The molecule has 2 aromatic carbocycles. The number of benzene rings is 2. The van der Waals surface area contributed by atoms with Crippen LogP contribution in [0.3, 0.4) is 0 Å². The molecule has 30 heavy (non-hydrogen) atoms. The molecule has 0 aromatic heterocycles. The van der Waals surface area contributed by atoms with Gasteiger partial charge in [0.1, 0.15) is 5.75 Å². The van der Waals surface area contributed by atoms with Crippen molar-refractivity contribution >= 4 is 11.9 Å². The third-order valence-electron chi connectivity index (χ3n) is 4.32. The minimum Gasteiger partial charge on any atom is -0.493 e. The van der Waals surface area contributed by atoms with Gasteiger partial charge in [-0.05, 0) is 35.4 Å². The van der Waals surface area contributed by atoms with Crippen LogP contribution in [0.25, 0.3) is 0 Å². The van der Waals surface area contributed by atoms with Crippen molar-refractivity contribution in [1.82, 2.24) is 5.32 Å². The summed E-state index contributed by atoms with van der Waals surface area (Å²) in [5, 5.41) is 11.5. The number of nitrogens with zero attached hydrogens (tertiary/aromatic N) is 1. The molecule has 0 aliphatic heterocycles. The van der Waals surface area contributed by atoms with Crippen LogP contribution in [0, 0.1) is 11.3 Å². The average Bonchev–Trinajstić information content (AvgIpc) is 2.77. The molecule has 0 heterocycles. The number of methoxy groups -OCH3 is 3. The quantitative estimate of drug-likeness (QED) is 0.598. The fraction of sp³-hybridized carbons (Fsp3) is 0.318. The second kappa shape index (κ2) is 11.3. The number of rotatable bonds is 10. The third kappa shape index (κ3) is 6.41. The van der Waals surface area contributed by atoms with Gasteiger partial charge in [-0.2, -0.15) is 5.26 Å². The Morgan fingerprint density at radius 3 is 2.33 bits per heavy atom. The van der Waals surface area contributed by atoms with Crippen molar-refractivity contribution in [2.75, 3.05) is 27.9 Å². The maximum Gasteiger partial charge on any atom is 0.307 e. The number of carbonyl (C=O) groups is 2. The van der Waals surface area contributed by atoms with Gasteiger partial charge in [0.25, 0.3) is 5.91 Å². The molecule has 0 aliphatic carbocycles. The van der Waals surface area contributed by atoms with Crippen molar-refractivity contribution in [3.05, 3.63) is 53.6 Å². The molecular weight excluding hydrogens is 388 g/mol. The van der Waals surface area contributed by atoms with Crippen LogP contribution in [-0.4, -0.2) is 39.8 Å². The van der Waals surface area contributed by atoms with Crippen molar-refractivity contribution < 1.29 is 28.5 Å². The van der Waals surface area contributed by atoms with Crippen molar-refractivity contribution in [3.8, 4) is 23.3 Å². The van der Waals surface area contributed by atoms with Gasteiger partial charge >= 0.3 is 5.97 Å². The van der Waals surface area contributed by atoms with Crippen molar-refractivity contribution in [2.24, 2.45) is 0 Å². The molecule has 0 saturated carbocycles. The van der Waals surface area contributed by atoms with Gasteiger partial charge in [-0.1, -0.05) is 18.2 Å². The molecular formula is C22H24N2O6. The molecule has 1 atom stereocenters. The van der Waals surface area contributed by atoms with E-state index in [9.17, 15) is 9.59 Å². The summed E-state index contributed by atoms with van der Waals surface area (Å²) in [4.78, 5) is 24.3. The van der Waals surface area contributed by atoms with Crippen LogP contribution < -0.4 is 19.5 Å². The van der Waals surface area contributed by atoms with Crippen molar-refractivity contribution in [1.29, 1.82) is 5.26 Å². The maximum atomic E-state index is 12.4. The van der Waals surface area contributed by atoms with E-state index in [0.717, 1.165) is 5.56 Å². The zero-order valence-electron chi connectivity index (χ0n) is 17.1. The summed E-state index contributed by atoms with van der Waals surface area (Å²) in [6, 6.07) is 13.5. The van der Waals surface area contributed by atoms with E-state index in [-0.39, 0.29) is 13.0 Å². The van der Waals surface area contributed by atoms with E-state index < -0.39 is 17.9 Å². The molecule has 0 spiro atoms. The number of carbonyl (C=O) groups excluding carboxylic acids is 2. The molecule has 8 nitrogen and oxygen atoms in total. The Bertz CT molecular complexity index is 905. The zero-order chi connectivity index (χ0) is 21.9. The Labute approximate surface area is 175 Å². The number of hydrogen-bond donors (Lipinski definition) is 1. The predicted molar refractivity (Wildman–Crippen MR) is 108 cm³/mol. The van der Waals surface area contributed by atoms with E-state index in [4.69, 9.17) is 24.2 Å². The summed E-state index contributed by atoms with van der Waals surface area (Å²) in [6.07, 6.45) is 0.252. The third-order valence-corrected chi connectivity index (χ3v) is 4.32. The Morgan fingerprint density at radius 1 is 1.03 bits per heavy atom. The maximum absolute atomic E-state index is 12.4. The Kier molecular flexibility index (Phi) is 8.51. The summed E-state index contributed by atoms with van der Waals surface area (Å²) >= 11 is 0. The van der Waals surface area contributed by atoms with Gasteiger partial charge < -0.3 is 24.3 Å². The number of hydrogen-bond acceptors (Lipinski definition) is 7. The van der Waals surface area contributed by atoms with Crippen LogP contribution in [0.5, 0.6) is 17.2 Å². The average molecular weight is 412 g/mol. The molecule has 1 N–H and O–H groups in total. The largest absolute Gasteiger partial charge is 0.493 e. The molecule has 8 heteroatoms. The lowest BCUT2D eigenvalue weighted by Crippen LogP contribution is -2.34. The minimum atomic E-state index is -0.633. The second-order valence-electron chi connectivity index (χ2n) is 6.28. The topological polar surface area (TPSA) is 107 Å². The molecule has 2 rings (SSSR count). The highest BCUT2D eigenvalue weighted by molar-refractivity contribution is 5.79. The molecule has 1 unspecified atom stereocenters. The Hall–Kier alpha value is -3.73. The fourth-order valence-corrected chi connectivity index (χ4v) is 2.75. The lowest BCUT2D eigenvalue weighted by Gasteiger charge is -2.20. The van der Waals surface area contributed by atoms with Crippen LogP contribution in [0.2, 0.25) is 0 Å². The minimum absolute atomic E-state index is 0.0550. The number of nitrogens with one attached hydrogen (secondary N) is 1. The summed E-state index contributed by atoms with van der Waals surface area (Å²) in [6.45, 7) is -0.234. The molecule has 2 aromatic rings. The van der Waals surface area contributed by atoms with E-state index >= 15 is 0 Å². The highest BCUT2D eigenvalue weighted by Gasteiger charge is 2.21. The lowest BCUT2D eigenvalue weighted by molar-refractivity contribution is -0.141. The molecule has 0 fully saturated rings. The number of amides is 1. The predicted octanol–water partition coefficient (Wildman–Crippen LogP) is 2.57. The van der Waals surface area contributed by atoms with Crippen LogP contribution in [0.15, 0.2) is 42.5 Å². The molecule has 0 radical (unpaired) electrons. The summed E-state index contributed by atoms with van der Waals surface area (Å²) in [5.41, 5.74) is 1.52. The molecule has 158 valence electrons. The SMILES string of the molecule is COC(=O)CC(NC(=O)COc1ccc(CC#N)cc1)c1ccc(OC)c(OC)c1. The number of esters is 1. The number of ether oxygens (including phenoxy) is 4. The second-order valence-corrected chi connectivity index (χ2v) is 6.28. The van der Waals surface area contributed by atoms with Crippen LogP contribution in [-0.2, 0) is 20.7 Å². The lowest BCUT2D eigenvalue weighted by atomic mass is 10.0. The summed E-state index contributed by atoms with van der Waals surface area (Å²) < 4.78 is 20.8.